The maximum absolute atomic E-state index is 11.1. The molecule has 1 aromatic carbocycles. The molecule has 3 aliphatic rings. The van der Waals surface area contributed by atoms with Crippen molar-refractivity contribution in [1.29, 1.82) is 0 Å². The van der Waals surface area contributed by atoms with E-state index in [9.17, 15) is 4.79 Å². The van der Waals surface area contributed by atoms with E-state index < -0.39 is 0 Å². The van der Waals surface area contributed by atoms with Crippen LogP contribution in [0.2, 0.25) is 0 Å². The normalized spacial score (nSPS) is 18.9. The lowest BCUT2D eigenvalue weighted by molar-refractivity contribution is 0.0994. The second kappa shape index (κ2) is 5.22. The van der Waals surface area contributed by atoms with E-state index in [1.165, 1.54) is 16.7 Å². The Balaban J connectivity index is 0.000000121. The quantitative estimate of drug-likeness (QED) is 0.777. The summed E-state index contributed by atoms with van der Waals surface area (Å²) in [6, 6.07) is 8.39. The first-order valence-corrected chi connectivity index (χ1v) is 7.04. The van der Waals surface area contributed by atoms with Gasteiger partial charge in [-0.25, -0.2) is 0 Å². The summed E-state index contributed by atoms with van der Waals surface area (Å²) in [6.45, 7) is 0. The summed E-state index contributed by atoms with van der Waals surface area (Å²) in [6.07, 6.45) is 10.4. The molecule has 4 rings (SSSR count). The third-order valence-corrected chi connectivity index (χ3v) is 4.02. The van der Waals surface area contributed by atoms with Crippen molar-refractivity contribution in [3.63, 3.8) is 0 Å². The molecule has 0 saturated carbocycles. The summed E-state index contributed by atoms with van der Waals surface area (Å²) in [5, 5.41) is 0. The van der Waals surface area contributed by atoms with E-state index in [1.807, 2.05) is 24.3 Å². The van der Waals surface area contributed by atoms with E-state index in [0.717, 1.165) is 12.0 Å². The van der Waals surface area contributed by atoms with Crippen molar-refractivity contribution in [3.8, 4) is 0 Å². The molecule has 0 amide bonds. The Labute approximate surface area is 120 Å². The molecule has 0 N–H and O–H groups in total. The van der Waals surface area contributed by atoms with Gasteiger partial charge in [-0.15, -0.1) is 0 Å². The minimum Gasteiger partial charge on any atom is -0.299 e. The molecule has 0 spiro atoms. The number of carbonyl (C=O) groups is 1. The van der Waals surface area contributed by atoms with Gasteiger partial charge in [0.1, 0.15) is 0 Å². The molecule has 2 bridgehead atoms. The molecule has 2 nitrogen and oxygen atoms in total. The Morgan fingerprint density at radius 3 is 2.15 bits per heavy atom. The SMILES string of the molecule is CN(C)C1C2=CC=C1C=C2.O=C1CCc2ccccc21. The maximum Gasteiger partial charge on any atom is 0.163 e. The van der Waals surface area contributed by atoms with Crippen LogP contribution in [0.3, 0.4) is 0 Å². The molecule has 0 fully saturated rings. The Bertz CT molecular complexity index is 613. The fourth-order valence-electron chi connectivity index (χ4n) is 3.04. The standard InChI is InChI=1S/C9H11N.C9H8O/c1-10(2)9-7-3-4-8(9)6-5-7;10-9-6-5-7-3-1-2-4-8(7)9/h3-6,9H,1-2H3;1-4H,5-6H2. The number of allylic oxidation sites excluding steroid dienone is 2. The summed E-state index contributed by atoms with van der Waals surface area (Å²) in [5.74, 6) is 0.301. The number of rotatable bonds is 1. The van der Waals surface area contributed by atoms with E-state index in [2.05, 4.69) is 43.3 Å². The number of nitrogens with zero attached hydrogens (tertiary/aromatic N) is 1. The zero-order valence-electron chi connectivity index (χ0n) is 12.0. The average Bonchev–Trinajstić information content (AvgIpc) is 3.14. The van der Waals surface area contributed by atoms with Crippen LogP contribution in [0.25, 0.3) is 0 Å². The lowest BCUT2D eigenvalue weighted by atomic mass is 10.1. The molecule has 0 aliphatic heterocycles. The van der Waals surface area contributed by atoms with Crippen LogP contribution >= 0.6 is 0 Å². The lowest BCUT2D eigenvalue weighted by Gasteiger charge is -2.19. The molecule has 3 aliphatic carbocycles. The molecule has 0 atom stereocenters. The van der Waals surface area contributed by atoms with Gasteiger partial charge in [0.2, 0.25) is 0 Å². The van der Waals surface area contributed by atoms with Crippen LogP contribution < -0.4 is 0 Å². The first-order valence-electron chi connectivity index (χ1n) is 7.04. The molecule has 1 aromatic rings. The maximum atomic E-state index is 11.1. The van der Waals surface area contributed by atoms with Gasteiger partial charge in [-0.2, -0.15) is 0 Å². The predicted molar refractivity (Wildman–Crippen MR) is 81.9 cm³/mol. The van der Waals surface area contributed by atoms with Crippen molar-refractivity contribution in [2.24, 2.45) is 0 Å². The second-order valence-electron chi connectivity index (χ2n) is 5.61. The number of aryl methyl sites for hydroxylation is 1. The Morgan fingerprint density at radius 2 is 1.65 bits per heavy atom. The zero-order chi connectivity index (χ0) is 14.1. The fraction of sp³-hybridized carbons (Fsp3) is 0.278. The highest BCUT2D eigenvalue weighted by atomic mass is 16.1. The molecule has 0 heterocycles. The zero-order valence-corrected chi connectivity index (χ0v) is 12.0. The molecule has 0 aromatic heterocycles. The average molecular weight is 265 g/mol. The van der Waals surface area contributed by atoms with Gasteiger partial charge in [0.15, 0.2) is 5.78 Å². The summed E-state index contributed by atoms with van der Waals surface area (Å²) >= 11 is 0. The summed E-state index contributed by atoms with van der Waals surface area (Å²) in [4.78, 5) is 13.3. The number of hydrogen-bond acceptors (Lipinski definition) is 2. The van der Waals surface area contributed by atoms with E-state index in [0.29, 0.717) is 18.2 Å². The van der Waals surface area contributed by atoms with Crippen LogP contribution in [0.5, 0.6) is 0 Å². The van der Waals surface area contributed by atoms with Crippen molar-refractivity contribution >= 4 is 5.78 Å². The van der Waals surface area contributed by atoms with E-state index >= 15 is 0 Å². The Kier molecular flexibility index (Phi) is 3.41. The summed E-state index contributed by atoms with van der Waals surface area (Å²) < 4.78 is 0. The van der Waals surface area contributed by atoms with E-state index in [1.54, 1.807) is 0 Å². The number of fused-ring (bicyclic) bond motifs is 3. The van der Waals surface area contributed by atoms with Gasteiger partial charge in [-0.3, -0.25) is 9.69 Å². The summed E-state index contributed by atoms with van der Waals surface area (Å²) in [5.41, 5.74) is 5.01. The van der Waals surface area contributed by atoms with Gasteiger partial charge in [0.05, 0.1) is 6.04 Å². The first-order chi connectivity index (χ1) is 9.66. The van der Waals surface area contributed by atoms with E-state index in [4.69, 9.17) is 0 Å². The van der Waals surface area contributed by atoms with Gasteiger partial charge in [0, 0.05) is 12.0 Å². The number of Topliss-reactive ketones (excluding diaryl/α,β-unsaturated/α-hetero) is 1. The molecular formula is C18H19NO. The Hall–Kier alpha value is -1.93. The Morgan fingerprint density at radius 1 is 1.00 bits per heavy atom. The van der Waals surface area contributed by atoms with Crippen molar-refractivity contribution in [2.45, 2.75) is 18.9 Å². The summed E-state index contributed by atoms with van der Waals surface area (Å²) in [7, 11) is 4.23. The van der Waals surface area contributed by atoms with Crippen molar-refractivity contribution in [1.82, 2.24) is 4.90 Å². The van der Waals surface area contributed by atoms with Gasteiger partial charge >= 0.3 is 0 Å². The van der Waals surface area contributed by atoms with Crippen molar-refractivity contribution < 1.29 is 4.79 Å². The van der Waals surface area contributed by atoms with Gasteiger partial charge < -0.3 is 0 Å². The smallest absolute Gasteiger partial charge is 0.163 e. The highest BCUT2D eigenvalue weighted by Crippen LogP contribution is 2.31. The number of hydrogen-bond donors (Lipinski definition) is 0. The van der Waals surface area contributed by atoms with Gasteiger partial charge in [0.25, 0.3) is 0 Å². The van der Waals surface area contributed by atoms with Crippen LogP contribution in [-0.2, 0) is 6.42 Å². The monoisotopic (exact) mass is 265 g/mol. The molecular weight excluding hydrogens is 246 g/mol. The van der Waals surface area contributed by atoms with Crippen LogP contribution in [-0.4, -0.2) is 30.8 Å². The van der Waals surface area contributed by atoms with Crippen molar-refractivity contribution in [2.75, 3.05) is 14.1 Å². The number of benzene rings is 1. The van der Waals surface area contributed by atoms with E-state index in [-0.39, 0.29) is 0 Å². The third-order valence-electron chi connectivity index (χ3n) is 4.02. The topological polar surface area (TPSA) is 20.3 Å². The molecule has 0 unspecified atom stereocenters. The number of ketones is 1. The molecule has 2 heteroatoms. The predicted octanol–water partition coefficient (Wildman–Crippen LogP) is 3.17. The highest BCUT2D eigenvalue weighted by Gasteiger charge is 2.25. The third kappa shape index (κ3) is 2.27. The lowest BCUT2D eigenvalue weighted by Crippen LogP contribution is -2.26. The van der Waals surface area contributed by atoms with Crippen molar-refractivity contribution in [3.05, 3.63) is 70.8 Å². The minimum absolute atomic E-state index is 0.301. The fourth-order valence-corrected chi connectivity index (χ4v) is 3.04. The molecule has 0 radical (unpaired) electrons. The largest absolute Gasteiger partial charge is 0.299 e. The second-order valence-corrected chi connectivity index (χ2v) is 5.61. The van der Waals surface area contributed by atoms with Crippen LogP contribution in [0.4, 0.5) is 0 Å². The van der Waals surface area contributed by atoms with Gasteiger partial charge in [-0.1, -0.05) is 48.6 Å². The molecule has 20 heavy (non-hydrogen) atoms. The van der Waals surface area contributed by atoms with Crippen LogP contribution in [0.15, 0.2) is 59.7 Å². The van der Waals surface area contributed by atoms with Crippen LogP contribution in [0, 0.1) is 0 Å². The van der Waals surface area contributed by atoms with Crippen LogP contribution in [0.1, 0.15) is 22.3 Å². The first kappa shape index (κ1) is 13.1. The molecule has 0 saturated heterocycles. The number of likely N-dealkylation sites (N-methyl/N-ethyl adjacent to an activating group) is 1. The molecule has 102 valence electrons. The highest BCUT2D eigenvalue weighted by molar-refractivity contribution is 6.00. The number of carbonyl (C=O) groups excluding carboxylic acids is 1. The van der Waals surface area contributed by atoms with Gasteiger partial charge in [-0.05, 0) is 37.2 Å². The minimum atomic E-state index is 0.301.